The molecule has 3 N–H and O–H groups in total. The summed E-state index contributed by atoms with van der Waals surface area (Å²) < 4.78 is 0. The summed E-state index contributed by atoms with van der Waals surface area (Å²) in [7, 11) is 0. The molecule has 3 rings (SSSR count). The van der Waals surface area contributed by atoms with Crippen LogP contribution in [0.5, 0.6) is 0 Å². The molecule has 0 aliphatic rings. The average molecular weight is 266 g/mol. The van der Waals surface area contributed by atoms with Gasteiger partial charge in [0, 0.05) is 27.8 Å². The Balaban J connectivity index is 2.07. The molecule has 0 radical (unpaired) electrons. The number of nitrogens with two attached hydrogens (primary N) is 1. The number of nitrogens with one attached hydrogen (secondary N) is 1. The van der Waals surface area contributed by atoms with Gasteiger partial charge in [0.15, 0.2) is 0 Å². The minimum atomic E-state index is 0.0908. The lowest BCUT2D eigenvalue weighted by molar-refractivity contribution is 0.343. The quantitative estimate of drug-likeness (QED) is 0.690. The Kier molecular flexibility index (Phi) is 3.06. The van der Waals surface area contributed by atoms with Crippen molar-refractivity contribution in [1.82, 2.24) is 4.98 Å². The Morgan fingerprint density at radius 3 is 2.45 bits per heavy atom. The molecular formula is C18H22N2. The second-order valence-electron chi connectivity index (χ2n) is 6.85. The maximum atomic E-state index is 6.37. The Labute approximate surface area is 120 Å². The van der Waals surface area contributed by atoms with E-state index in [1.54, 1.807) is 0 Å². The summed E-state index contributed by atoms with van der Waals surface area (Å²) in [4.78, 5) is 3.45. The van der Waals surface area contributed by atoms with Gasteiger partial charge >= 0.3 is 0 Å². The predicted octanol–water partition coefficient (Wildman–Crippen LogP) is 4.76. The standard InChI is InChI=1S/C18H22N2/c1-18(2,3)11-15(19)12-8-9-17-14(10-12)13-6-4-5-7-16(13)20-17/h4-10,15,20H,11,19H2,1-3H3. The fourth-order valence-electron chi connectivity index (χ4n) is 2.87. The van der Waals surface area contributed by atoms with Gasteiger partial charge in [0.05, 0.1) is 0 Å². The third-order valence-corrected chi connectivity index (χ3v) is 3.79. The predicted molar refractivity (Wildman–Crippen MR) is 86.8 cm³/mol. The van der Waals surface area contributed by atoms with E-state index in [4.69, 9.17) is 5.73 Å². The Hall–Kier alpha value is -1.80. The number of hydrogen-bond acceptors (Lipinski definition) is 1. The minimum Gasteiger partial charge on any atom is -0.355 e. The Morgan fingerprint density at radius 2 is 1.70 bits per heavy atom. The zero-order valence-electron chi connectivity index (χ0n) is 12.4. The van der Waals surface area contributed by atoms with E-state index in [0.29, 0.717) is 0 Å². The summed E-state index contributed by atoms with van der Waals surface area (Å²) >= 11 is 0. The van der Waals surface area contributed by atoms with E-state index >= 15 is 0 Å². The zero-order chi connectivity index (χ0) is 14.3. The second-order valence-corrected chi connectivity index (χ2v) is 6.85. The summed E-state index contributed by atoms with van der Waals surface area (Å²) in [5, 5.41) is 2.54. The van der Waals surface area contributed by atoms with Gasteiger partial charge in [0.1, 0.15) is 0 Å². The molecule has 1 unspecified atom stereocenters. The third-order valence-electron chi connectivity index (χ3n) is 3.79. The number of benzene rings is 2. The van der Waals surface area contributed by atoms with Crippen molar-refractivity contribution in [3.63, 3.8) is 0 Å². The fourth-order valence-corrected chi connectivity index (χ4v) is 2.87. The van der Waals surface area contributed by atoms with Crippen LogP contribution in [0.1, 0.15) is 38.8 Å². The van der Waals surface area contributed by atoms with Crippen LogP contribution in [0.3, 0.4) is 0 Å². The number of para-hydroxylation sites is 1. The van der Waals surface area contributed by atoms with E-state index in [2.05, 4.69) is 68.2 Å². The first-order valence-corrected chi connectivity index (χ1v) is 7.20. The monoisotopic (exact) mass is 266 g/mol. The van der Waals surface area contributed by atoms with Gasteiger partial charge in [-0.2, -0.15) is 0 Å². The van der Waals surface area contributed by atoms with Crippen LogP contribution < -0.4 is 5.73 Å². The van der Waals surface area contributed by atoms with Crippen LogP contribution in [0.25, 0.3) is 21.8 Å². The van der Waals surface area contributed by atoms with Crippen LogP contribution in [0, 0.1) is 5.41 Å². The average Bonchev–Trinajstić information content (AvgIpc) is 2.74. The van der Waals surface area contributed by atoms with Crippen molar-refractivity contribution >= 4 is 21.8 Å². The van der Waals surface area contributed by atoms with E-state index in [0.717, 1.165) is 6.42 Å². The number of hydrogen-bond donors (Lipinski definition) is 2. The number of aromatic amines is 1. The molecule has 1 heterocycles. The van der Waals surface area contributed by atoms with Gasteiger partial charge in [-0.15, -0.1) is 0 Å². The molecule has 104 valence electrons. The van der Waals surface area contributed by atoms with Crippen molar-refractivity contribution in [3.8, 4) is 0 Å². The number of rotatable bonds is 2. The first-order valence-electron chi connectivity index (χ1n) is 7.20. The molecule has 0 bridgehead atoms. The van der Waals surface area contributed by atoms with E-state index in [-0.39, 0.29) is 11.5 Å². The second kappa shape index (κ2) is 4.64. The molecule has 1 atom stereocenters. The lowest BCUT2D eigenvalue weighted by Crippen LogP contribution is -2.18. The summed E-state index contributed by atoms with van der Waals surface area (Å²) in [5.74, 6) is 0. The van der Waals surface area contributed by atoms with Gasteiger partial charge in [-0.25, -0.2) is 0 Å². The van der Waals surface area contributed by atoms with Crippen LogP contribution in [0.4, 0.5) is 0 Å². The first-order chi connectivity index (χ1) is 9.44. The van der Waals surface area contributed by atoms with E-state index in [9.17, 15) is 0 Å². The number of H-pyrrole nitrogens is 1. The van der Waals surface area contributed by atoms with Crippen LogP contribution in [-0.4, -0.2) is 4.98 Å². The Bertz CT molecular complexity index is 747. The smallest absolute Gasteiger partial charge is 0.0465 e. The molecule has 20 heavy (non-hydrogen) atoms. The normalized spacial score (nSPS) is 14.0. The molecule has 2 aromatic carbocycles. The van der Waals surface area contributed by atoms with Crippen molar-refractivity contribution in [2.45, 2.75) is 33.2 Å². The SMILES string of the molecule is CC(C)(C)CC(N)c1ccc2[nH]c3ccccc3c2c1. The van der Waals surface area contributed by atoms with Crippen molar-refractivity contribution in [1.29, 1.82) is 0 Å². The van der Waals surface area contributed by atoms with Crippen LogP contribution in [0.2, 0.25) is 0 Å². The van der Waals surface area contributed by atoms with Gasteiger partial charge in [-0.05, 0) is 35.6 Å². The molecule has 1 aromatic heterocycles. The molecule has 0 saturated carbocycles. The largest absolute Gasteiger partial charge is 0.355 e. The van der Waals surface area contributed by atoms with Crippen molar-refractivity contribution < 1.29 is 0 Å². The van der Waals surface area contributed by atoms with Gasteiger partial charge in [0.25, 0.3) is 0 Å². The third kappa shape index (κ3) is 2.44. The highest BCUT2D eigenvalue weighted by Gasteiger charge is 2.17. The molecule has 0 spiro atoms. The van der Waals surface area contributed by atoms with Gasteiger partial charge in [-0.1, -0.05) is 45.0 Å². The first kappa shape index (κ1) is 13.2. The molecule has 2 heteroatoms. The van der Waals surface area contributed by atoms with E-state index in [1.807, 2.05) is 0 Å². The molecule has 0 amide bonds. The molecule has 0 aliphatic carbocycles. The lowest BCUT2D eigenvalue weighted by atomic mass is 9.85. The van der Waals surface area contributed by atoms with Gasteiger partial charge in [-0.3, -0.25) is 0 Å². The van der Waals surface area contributed by atoms with Crippen LogP contribution >= 0.6 is 0 Å². The maximum Gasteiger partial charge on any atom is 0.0465 e. The highest BCUT2D eigenvalue weighted by atomic mass is 14.7. The Morgan fingerprint density at radius 1 is 1.00 bits per heavy atom. The van der Waals surface area contributed by atoms with Crippen LogP contribution in [0.15, 0.2) is 42.5 Å². The molecule has 2 nitrogen and oxygen atoms in total. The van der Waals surface area contributed by atoms with Gasteiger partial charge in [0.2, 0.25) is 0 Å². The highest BCUT2D eigenvalue weighted by Crippen LogP contribution is 2.31. The maximum absolute atomic E-state index is 6.37. The van der Waals surface area contributed by atoms with E-state index in [1.165, 1.54) is 27.4 Å². The van der Waals surface area contributed by atoms with Gasteiger partial charge < -0.3 is 10.7 Å². The number of aromatic nitrogens is 1. The van der Waals surface area contributed by atoms with Crippen molar-refractivity contribution in [2.24, 2.45) is 11.1 Å². The molecule has 0 aliphatic heterocycles. The van der Waals surface area contributed by atoms with E-state index < -0.39 is 0 Å². The van der Waals surface area contributed by atoms with Crippen molar-refractivity contribution in [3.05, 3.63) is 48.0 Å². The molecule has 0 fully saturated rings. The molecular weight excluding hydrogens is 244 g/mol. The molecule has 0 saturated heterocycles. The minimum absolute atomic E-state index is 0.0908. The van der Waals surface area contributed by atoms with Crippen LogP contribution in [-0.2, 0) is 0 Å². The summed E-state index contributed by atoms with van der Waals surface area (Å²) in [6.07, 6.45) is 0.987. The summed E-state index contributed by atoms with van der Waals surface area (Å²) in [6.45, 7) is 6.70. The zero-order valence-corrected chi connectivity index (χ0v) is 12.4. The molecule has 3 aromatic rings. The summed E-state index contributed by atoms with van der Waals surface area (Å²) in [6, 6.07) is 15.0. The topological polar surface area (TPSA) is 41.8 Å². The fraction of sp³-hybridized carbons (Fsp3) is 0.333. The number of fused-ring (bicyclic) bond motifs is 3. The van der Waals surface area contributed by atoms with Crippen molar-refractivity contribution in [2.75, 3.05) is 0 Å². The highest BCUT2D eigenvalue weighted by molar-refractivity contribution is 6.07. The summed E-state index contributed by atoms with van der Waals surface area (Å²) in [5.41, 5.74) is 10.2. The lowest BCUT2D eigenvalue weighted by Gasteiger charge is -2.23.